The topological polar surface area (TPSA) is 12.0 Å². The second-order valence-corrected chi connectivity index (χ2v) is 9.88. The second-order valence-electron chi connectivity index (χ2n) is 5.36. The maximum absolute atomic E-state index is 3.77. The van der Waals surface area contributed by atoms with Crippen LogP contribution in [0.5, 0.6) is 0 Å². The Morgan fingerprint density at radius 3 is 2.00 bits per heavy atom. The molecule has 0 aromatic carbocycles. The van der Waals surface area contributed by atoms with E-state index in [1.54, 1.807) is 0 Å². The average Bonchev–Trinajstić information content (AvgIpc) is 1.78. The maximum atomic E-state index is 3.77. The fourth-order valence-electron chi connectivity index (χ4n) is 1.70. The fourth-order valence-corrected chi connectivity index (χ4v) is 5.09. The van der Waals surface area contributed by atoms with Gasteiger partial charge in [-0.1, -0.05) is 32.9 Å². The van der Waals surface area contributed by atoms with Gasteiger partial charge in [0.05, 0.1) is 0 Å². The molecule has 0 saturated carbocycles. The van der Waals surface area contributed by atoms with Gasteiger partial charge in [0.15, 0.2) is 0 Å². The number of hydrogen-bond donors (Lipinski definition) is 1. The molecular formula is C10H25NSi. The smallest absolute Gasteiger partial charge is 0.119 e. The van der Waals surface area contributed by atoms with Crippen molar-refractivity contribution in [1.82, 2.24) is 4.98 Å². The largest absolute Gasteiger partial charge is 0.333 e. The Morgan fingerprint density at radius 1 is 1.17 bits per heavy atom. The van der Waals surface area contributed by atoms with Crippen molar-refractivity contribution in [2.45, 2.75) is 65.2 Å². The minimum absolute atomic E-state index is 0.295. The van der Waals surface area contributed by atoms with Crippen LogP contribution in [0.2, 0.25) is 19.1 Å². The Labute approximate surface area is 79.0 Å². The molecule has 0 spiro atoms. The summed E-state index contributed by atoms with van der Waals surface area (Å²) in [6.07, 6.45) is 2.70. The number of hydrogen-bond acceptors (Lipinski definition) is 1. The molecule has 0 unspecified atom stereocenters. The summed E-state index contributed by atoms with van der Waals surface area (Å²) in [6.45, 7) is 13.9. The summed E-state index contributed by atoms with van der Waals surface area (Å²) < 4.78 is 0. The van der Waals surface area contributed by atoms with Crippen LogP contribution in [-0.4, -0.2) is 13.8 Å². The Hall–Kier alpha value is 0.177. The van der Waals surface area contributed by atoms with Gasteiger partial charge in [0.25, 0.3) is 0 Å². The molecule has 0 bridgehead atoms. The Balaban J connectivity index is 3.86. The van der Waals surface area contributed by atoms with E-state index >= 15 is 0 Å². The predicted molar refractivity (Wildman–Crippen MR) is 60.1 cm³/mol. The van der Waals surface area contributed by atoms with Gasteiger partial charge in [-0.25, -0.2) is 0 Å². The van der Waals surface area contributed by atoms with Crippen LogP contribution < -0.4 is 4.98 Å². The van der Waals surface area contributed by atoms with Crippen LogP contribution in [0.4, 0.5) is 0 Å². The molecule has 0 fully saturated rings. The first-order valence-electron chi connectivity index (χ1n) is 5.06. The molecule has 74 valence electrons. The van der Waals surface area contributed by atoms with Gasteiger partial charge in [0.1, 0.15) is 8.24 Å². The molecule has 0 aliphatic carbocycles. The molecule has 1 N–H and O–H groups in total. The second kappa shape index (κ2) is 4.42. The summed E-state index contributed by atoms with van der Waals surface area (Å²) in [5.41, 5.74) is 0.295. The Morgan fingerprint density at radius 2 is 1.67 bits per heavy atom. The van der Waals surface area contributed by atoms with Gasteiger partial charge in [-0.15, -0.1) is 0 Å². The first-order chi connectivity index (χ1) is 5.27. The van der Waals surface area contributed by atoms with Gasteiger partial charge < -0.3 is 4.98 Å². The standard InChI is InChI=1S/C10H25NSi/c1-7-8-9-12(5,6)11-10(2,3)4/h11H,7-9H2,1-6H3. The molecule has 0 radical (unpaired) electrons. The molecule has 0 aliphatic heterocycles. The zero-order chi connectivity index (χ0) is 9.83. The highest BCUT2D eigenvalue weighted by Crippen LogP contribution is 2.14. The maximum Gasteiger partial charge on any atom is 0.119 e. The highest BCUT2D eigenvalue weighted by atomic mass is 28.3. The molecule has 0 aliphatic rings. The first kappa shape index (κ1) is 12.2. The lowest BCUT2D eigenvalue weighted by Gasteiger charge is -2.33. The van der Waals surface area contributed by atoms with E-state index in [9.17, 15) is 0 Å². The van der Waals surface area contributed by atoms with Crippen molar-refractivity contribution in [2.75, 3.05) is 0 Å². The molecule has 0 heterocycles. The highest BCUT2D eigenvalue weighted by Gasteiger charge is 2.25. The van der Waals surface area contributed by atoms with Crippen molar-refractivity contribution in [1.29, 1.82) is 0 Å². The lowest BCUT2D eigenvalue weighted by atomic mass is 10.1. The summed E-state index contributed by atoms with van der Waals surface area (Å²) >= 11 is 0. The van der Waals surface area contributed by atoms with Crippen molar-refractivity contribution in [2.24, 2.45) is 0 Å². The van der Waals surface area contributed by atoms with Crippen molar-refractivity contribution < 1.29 is 0 Å². The Kier molecular flexibility index (Phi) is 4.49. The van der Waals surface area contributed by atoms with Gasteiger partial charge in [0.2, 0.25) is 0 Å². The minimum atomic E-state index is -1.11. The van der Waals surface area contributed by atoms with E-state index in [-0.39, 0.29) is 0 Å². The molecule has 0 amide bonds. The van der Waals surface area contributed by atoms with Crippen LogP contribution in [0.3, 0.4) is 0 Å². The molecule has 0 atom stereocenters. The average molecular weight is 187 g/mol. The SMILES string of the molecule is CCCC[Si](C)(C)NC(C)(C)C. The molecular weight excluding hydrogens is 162 g/mol. The summed E-state index contributed by atoms with van der Waals surface area (Å²) in [5.74, 6) is 0. The van der Waals surface area contributed by atoms with E-state index < -0.39 is 8.24 Å². The van der Waals surface area contributed by atoms with E-state index in [1.165, 1.54) is 18.9 Å². The van der Waals surface area contributed by atoms with E-state index in [1.807, 2.05) is 0 Å². The van der Waals surface area contributed by atoms with Crippen LogP contribution in [0.1, 0.15) is 40.5 Å². The van der Waals surface area contributed by atoms with E-state index in [2.05, 4.69) is 45.8 Å². The van der Waals surface area contributed by atoms with E-state index in [0.717, 1.165) is 0 Å². The zero-order valence-corrected chi connectivity index (χ0v) is 10.6. The molecule has 1 nitrogen and oxygen atoms in total. The van der Waals surface area contributed by atoms with Crippen molar-refractivity contribution >= 4 is 8.24 Å². The summed E-state index contributed by atoms with van der Waals surface area (Å²) in [4.78, 5) is 3.77. The van der Waals surface area contributed by atoms with Gasteiger partial charge >= 0.3 is 0 Å². The van der Waals surface area contributed by atoms with Crippen LogP contribution in [0, 0.1) is 0 Å². The number of nitrogens with one attached hydrogen (secondary N) is 1. The monoisotopic (exact) mass is 187 g/mol. The highest BCUT2D eigenvalue weighted by molar-refractivity contribution is 6.75. The zero-order valence-electron chi connectivity index (χ0n) is 9.62. The molecule has 0 aromatic heterocycles. The van der Waals surface area contributed by atoms with Crippen LogP contribution in [0.15, 0.2) is 0 Å². The lowest BCUT2D eigenvalue weighted by molar-refractivity contribution is 0.510. The molecule has 12 heavy (non-hydrogen) atoms. The quantitative estimate of drug-likeness (QED) is 0.665. The summed E-state index contributed by atoms with van der Waals surface area (Å²) in [5, 5.41) is 0. The molecule has 0 aromatic rings. The van der Waals surface area contributed by atoms with Gasteiger partial charge in [-0.3, -0.25) is 0 Å². The van der Waals surface area contributed by atoms with E-state index in [0.29, 0.717) is 5.54 Å². The third-order valence-corrected chi connectivity index (χ3v) is 4.90. The summed E-state index contributed by atoms with van der Waals surface area (Å²) in [6, 6.07) is 1.40. The molecule has 2 heteroatoms. The van der Waals surface area contributed by atoms with Crippen LogP contribution in [0.25, 0.3) is 0 Å². The van der Waals surface area contributed by atoms with Gasteiger partial charge in [0, 0.05) is 5.54 Å². The fraction of sp³-hybridized carbons (Fsp3) is 1.00. The number of rotatable bonds is 4. The first-order valence-corrected chi connectivity index (χ1v) is 8.27. The van der Waals surface area contributed by atoms with Crippen molar-refractivity contribution in [3.63, 3.8) is 0 Å². The lowest BCUT2D eigenvalue weighted by Crippen LogP contribution is -2.54. The third-order valence-electron chi connectivity index (χ3n) is 1.87. The van der Waals surface area contributed by atoms with Gasteiger partial charge in [-0.05, 0) is 26.8 Å². The summed E-state index contributed by atoms with van der Waals surface area (Å²) in [7, 11) is -1.11. The third kappa shape index (κ3) is 6.86. The van der Waals surface area contributed by atoms with Crippen LogP contribution in [-0.2, 0) is 0 Å². The van der Waals surface area contributed by atoms with Crippen molar-refractivity contribution in [3.8, 4) is 0 Å². The number of unbranched alkanes of at least 4 members (excludes halogenated alkanes) is 1. The van der Waals surface area contributed by atoms with Crippen LogP contribution >= 0.6 is 0 Å². The van der Waals surface area contributed by atoms with Gasteiger partial charge in [-0.2, -0.15) is 0 Å². The normalized spacial score (nSPS) is 13.5. The molecule has 0 rings (SSSR count). The van der Waals surface area contributed by atoms with Crippen molar-refractivity contribution in [3.05, 3.63) is 0 Å². The predicted octanol–water partition coefficient (Wildman–Crippen LogP) is 3.38. The van der Waals surface area contributed by atoms with E-state index in [4.69, 9.17) is 0 Å². The molecule has 0 saturated heterocycles. The Bertz CT molecular complexity index is 124. The minimum Gasteiger partial charge on any atom is -0.333 e.